The van der Waals surface area contributed by atoms with Gasteiger partial charge in [-0.05, 0) is 34.9 Å². The Balaban J connectivity index is 1.59. The van der Waals surface area contributed by atoms with Gasteiger partial charge in [-0.3, -0.25) is 14.9 Å². The number of carbonyl (C=O) groups is 1. The first-order valence-corrected chi connectivity index (χ1v) is 9.08. The number of benzene rings is 2. The van der Waals surface area contributed by atoms with Crippen LogP contribution in [0.3, 0.4) is 0 Å². The molecule has 7 heteroatoms. The molecule has 0 aliphatic heterocycles. The number of phenols is 1. The maximum absolute atomic E-state index is 12.3. The number of rotatable bonds is 5. The highest BCUT2D eigenvalue weighted by Crippen LogP contribution is 2.47. The average molecular weight is 381 g/mol. The van der Waals surface area contributed by atoms with Gasteiger partial charge in [0.1, 0.15) is 0 Å². The third-order valence-corrected chi connectivity index (χ3v) is 4.95. The predicted octanol–water partition coefficient (Wildman–Crippen LogP) is 3.85. The molecule has 1 fully saturated rings. The molecule has 0 radical (unpaired) electrons. The van der Waals surface area contributed by atoms with Gasteiger partial charge in [-0.15, -0.1) is 0 Å². The van der Waals surface area contributed by atoms with Crippen LogP contribution in [0.5, 0.6) is 5.75 Å². The van der Waals surface area contributed by atoms with Crippen molar-refractivity contribution in [2.45, 2.75) is 38.5 Å². The van der Waals surface area contributed by atoms with Crippen molar-refractivity contribution >= 4 is 17.8 Å². The van der Waals surface area contributed by atoms with Gasteiger partial charge in [-0.2, -0.15) is 5.10 Å². The molecule has 1 saturated carbocycles. The lowest BCUT2D eigenvalue weighted by atomic mass is 9.86. The molecule has 2 aromatic rings. The maximum Gasteiger partial charge on any atom is 0.311 e. The summed E-state index contributed by atoms with van der Waals surface area (Å²) in [7, 11) is 0. The zero-order valence-corrected chi connectivity index (χ0v) is 16.0. The van der Waals surface area contributed by atoms with Gasteiger partial charge in [-0.25, -0.2) is 5.43 Å². The van der Waals surface area contributed by atoms with E-state index < -0.39 is 16.4 Å². The number of phenolic OH excluding ortho intramolecular Hbond substituents is 1. The van der Waals surface area contributed by atoms with Crippen molar-refractivity contribution in [3.05, 3.63) is 69.3 Å². The van der Waals surface area contributed by atoms with Gasteiger partial charge in [0.05, 0.1) is 11.1 Å². The third-order valence-electron chi connectivity index (χ3n) is 4.95. The van der Waals surface area contributed by atoms with E-state index >= 15 is 0 Å². The van der Waals surface area contributed by atoms with Crippen molar-refractivity contribution < 1.29 is 14.8 Å². The molecular formula is C21H23N3O4. The quantitative estimate of drug-likeness (QED) is 0.466. The van der Waals surface area contributed by atoms with Crippen molar-refractivity contribution in [2.24, 2.45) is 11.0 Å². The maximum atomic E-state index is 12.3. The molecule has 3 rings (SSSR count). The van der Waals surface area contributed by atoms with E-state index in [-0.39, 0.29) is 28.7 Å². The zero-order chi connectivity index (χ0) is 20.5. The third kappa shape index (κ3) is 4.19. The first-order valence-electron chi connectivity index (χ1n) is 9.08. The number of hydrogen-bond acceptors (Lipinski definition) is 5. The molecular weight excluding hydrogens is 358 g/mol. The van der Waals surface area contributed by atoms with E-state index in [0.717, 1.165) is 12.0 Å². The van der Waals surface area contributed by atoms with E-state index in [2.05, 4.69) is 55.6 Å². The number of para-hydroxylation sites is 1. The summed E-state index contributed by atoms with van der Waals surface area (Å²) in [6.45, 7) is 6.48. The molecule has 1 aliphatic rings. The number of nitrogens with one attached hydrogen (secondary N) is 1. The first kappa shape index (κ1) is 19.5. The molecule has 2 N–H and O–H groups in total. The Hall–Kier alpha value is -3.22. The lowest BCUT2D eigenvalue weighted by molar-refractivity contribution is -0.385. The summed E-state index contributed by atoms with van der Waals surface area (Å²) in [6.07, 6.45) is 1.97. The van der Waals surface area contributed by atoms with E-state index in [1.165, 1.54) is 30.0 Å². The summed E-state index contributed by atoms with van der Waals surface area (Å²) in [5.41, 5.74) is 4.69. The van der Waals surface area contributed by atoms with Crippen molar-refractivity contribution in [1.29, 1.82) is 0 Å². The highest BCUT2D eigenvalue weighted by molar-refractivity contribution is 5.88. The van der Waals surface area contributed by atoms with Crippen LogP contribution in [0.4, 0.5) is 5.69 Å². The van der Waals surface area contributed by atoms with Gasteiger partial charge in [0, 0.05) is 17.5 Å². The monoisotopic (exact) mass is 381 g/mol. The number of carbonyl (C=O) groups excluding carboxylic acids is 1. The second-order valence-electron chi connectivity index (χ2n) is 8.03. The van der Waals surface area contributed by atoms with Crippen molar-refractivity contribution in [3.8, 4) is 5.75 Å². The molecule has 0 saturated heterocycles. The van der Waals surface area contributed by atoms with Crippen LogP contribution in [0.2, 0.25) is 0 Å². The highest BCUT2D eigenvalue weighted by atomic mass is 16.6. The van der Waals surface area contributed by atoms with Gasteiger partial charge in [0.2, 0.25) is 11.7 Å². The summed E-state index contributed by atoms with van der Waals surface area (Å²) < 4.78 is 0. The molecule has 146 valence electrons. The van der Waals surface area contributed by atoms with Gasteiger partial charge in [-0.1, -0.05) is 51.1 Å². The zero-order valence-electron chi connectivity index (χ0n) is 16.0. The SMILES string of the molecule is CC(C)(C)c1ccc([C@@H]2C[C@H]2C(=O)N/N=C/c2cccc([N+](=O)[O-])c2O)cc1. The van der Waals surface area contributed by atoms with Crippen molar-refractivity contribution in [2.75, 3.05) is 0 Å². The summed E-state index contributed by atoms with van der Waals surface area (Å²) in [5, 5.41) is 24.5. The summed E-state index contributed by atoms with van der Waals surface area (Å²) >= 11 is 0. The Labute approximate surface area is 163 Å². The largest absolute Gasteiger partial charge is 0.502 e. The number of hydrazone groups is 1. The van der Waals surface area contributed by atoms with E-state index in [4.69, 9.17) is 0 Å². The first-order chi connectivity index (χ1) is 13.2. The molecule has 2 aromatic carbocycles. The van der Waals surface area contributed by atoms with E-state index in [1.54, 1.807) is 0 Å². The molecule has 7 nitrogen and oxygen atoms in total. The molecule has 0 spiro atoms. The Morgan fingerprint density at radius 3 is 2.54 bits per heavy atom. The highest BCUT2D eigenvalue weighted by Gasteiger charge is 2.44. The minimum atomic E-state index is -0.676. The summed E-state index contributed by atoms with van der Waals surface area (Å²) in [5.74, 6) is -0.647. The number of aromatic hydroxyl groups is 1. The van der Waals surface area contributed by atoms with Crippen molar-refractivity contribution in [3.63, 3.8) is 0 Å². The molecule has 1 aliphatic carbocycles. The van der Waals surface area contributed by atoms with Gasteiger partial charge in [0.25, 0.3) is 0 Å². The molecule has 1 amide bonds. The second kappa shape index (κ2) is 7.42. The number of amides is 1. The van der Waals surface area contributed by atoms with Crippen LogP contribution in [-0.4, -0.2) is 22.2 Å². The van der Waals surface area contributed by atoms with E-state index in [9.17, 15) is 20.0 Å². The molecule has 0 bridgehead atoms. The van der Waals surface area contributed by atoms with Crippen LogP contribution in [0.1, 0.15) is 49.8 Å². The van der Waals surface area contributed by atoms with Crippen molar-refractivity contribution in [1.82, 2.24) is 5.43 Å². The number of nitro benzene ring substituents is 1. The van der Waals surface area contributed by atoms with Crippen LogP contribution in [0, 0.1) is 16.0 Å². The number of nitro groups is 1. The van der Waals surface area contributed by atoms with Crippen LogP contribution in [0.25, 0.3) is 0 Å². The summed E-state index contributed by atoms with van der Waals surface area (Å²) in [6, 6.07) is 12.5. The normalized spacial score (nSPS) is 18.8. The topological polar surface area (TPSA) is 105 Å². The van der Waals surface area contributed by atoms with Gasteiger partial charge < -0.3 is 5.11 Å². The predicted molar refractivity (Wildman–Crippen MR) is 106 cm³/mol. The molecule has 0 unspecified atom stereocenters. The molecule has 0 aromatic heterocycles. The Bertz CT molecular complexity index is 930. The minimum absolute atomic E-state index is 0.0889. The Kier molecular flexibility index (Phi) is 5.18. The van der Waals surface area contributed by atoms with E-state index in [1.807, 2.05) is 0 Å². The Morgan fingerprint density at radius 2 is 1.93 bits per heavy atom. The van der Waals surface area contributed by atoms with E-state index in [0.29, 0.717) is 0 Å². The fourth-order valence-corrected chi connectivity index (χ4v) is 3.13. The standard InChI is InChI=1S/C21H23N3O4/c1-21(2,3)15-9-7-13(8-10-15)16-11-17(16)20(26)23-22-12-14-5-4-6-18(19(14)25)24(27)28/h4-10,12,16-17,25H,11H2,1-3H3,(H,23,26)/b22-12+/t16-,17+/m0/s1. The fraction of sp³-hybridized carbons (Fsp3) is 0.333. The average Bonchev–Trinajstić information content (AvgIpc) is 3.43. The number of hydrogen-bond donors (Lipinski definition) is 2. The van der Waals surface area contributed by atoms with Crippen LogP contribution >= 0.6 is 0 Å². The molecule has 28 heavy (non-hydrogen) atoms. The van der Waals surface area contributed by atoms with Crippen LogP contribution in [0.15, 0.2) is 47.6 Å². The fourth-order valence-electron chi connectivity index (χ4n) is 3.13. The molecule has 0 heterocycles. The molecule has 2 atom stereocenters. The second-order valence-corrected chi connectivity index (χ2v) is 8.03. The minimum Gasteiger partial charge on any atom is -0.502 e. The number of nitrogens with zero attached hydrogens (tertiary/aromatic N) is 2. The van der Waals surface area contributed by atoms with Crippen LogP contribution < -0.4 is 5.43 Å². The lowest BCUT2D eigenvalue weighted by Crippen LogP contribution is -2.20. The van der Waals surface area contributed by atoms with Crippen LogP contribution in [-0.2, 0) is 10.2 Å². The van der Waals surface area contributed by atoms with Gasteiger partial charge in [0.15, 0.2) is 0 Å². The smallest absolute Gasteiger partial charge is 0.311 e. The lowest BCUT2D eigenvalue weighted by Gasteiger charge is -2.19. The van der Waals surface area contributed by atoms with Gasteiger partial charge >= 0.3 is 5.69 Å². The summed E-state index contributed by atoms with van der Waals surface area (Å²) in [4.78, 5) is 22.4. The Morgan fingerprint density at radius 1 is 1.25 bits per heavy atom.